The zero-order valence-corrected chi connectivity index (χ0v) is 16.0. The highest BCUT2D eigenvalue weighted by Gasteiger charge is 2.19. The number of nitrogens with zero attached hydrogens (tertiary/aromatic N) is 2. The number of ether oxygens (including phenoxy) is 1. The molecule has 138 valence electrons. The normalized spacial score (nSPS) is 14.3. The van der Waals surface area contributed by atoms with Crippen LogP contribution >= 0.6 is 11.6 Å². The van der Waals surface area contributed by atoms with E-state index >= 15 is 0 Å². The van der Waals surface area contributed by atoms with Gasteiger partial charge in [0.15, 0.2) is 0 Å². The van der Waals surface area contributed by atoms with E-state index in [0.29, 0.717) is 33.8 Å². The lowest BCUT2D eigenvalue weighted by Gasteiger charge is -2.14. The van der Waals surface area contributed by atoms with Crippen LogP contribution < -0.4 is 15.4 Å². The van der Waals surface area contributed by atoms with E-state index in [1.807, 2.05) is 19.9 Å². The number of benzene rings is 1. The second-order valence-corrected chi connectivity index (χ2v) is 7.01. The first-order valence-electron chi connectivity index (χ1n) is 8.74. The standard InChI is InChI=1S/C19H23ClN4O2/c1-11-8-15(17(26-3)10-14(11)20)23-19-21-12(2)9-16(24-19)18(25)22-13-6-4-5-7-13/h8-10,13H,4-7H2,1-3H3,(H,22,25)(H,21,23,24). The van der Waals surface area contributed by atoms with Crippen molar-refractivity contribution in [1.82, 2.24) is 15.3 Å². The number of nitrogens with one attached hydrogen (secondary N) is 2. The van der Waals surface area contributed by atoms with Gasteiger partial charge in [0.1, 0.15) is 11.4 Å². The molecule has 1 saturated carbocycles. The molecule has 0 aliphatic heterocycles. The molecular formula is C19H23ClN4O2. The van der Waals surface area contributed by atoms with Crippen LogP contribution in [0.2, 0.25) is 5.02 Å². The van der Waals surface area contributed by atoms with Crippen LogP contribution in [0.5, 0.6) is 5.75 Å². The summed E-state index contributed by atoms with van der Waals surface area (Å²) in [5.41, 5.74) is 2.67. The number of hydrogen-bond acceptors (Lipinski definition) is 5. The zero-order chi connectivity index (χ0) is 18.7. The van der Waals surface area contributed by atoms with Crippen molar-refractivity contribution in [2.75, 3.05) is 12.4 Å². The Hall–Kier alpha value is -2.34. The van der Waals surface area contributed by atoms with E-state index in [1.54, 1.807) is 19.2 Å². The fourth-order valence-corrected chi connectivity index (χ4v) is 3.27. The van der Waals surface area contributed by atoms with Gasteiger partial charge >= 0.3 is 0 Å². The third-order valence-corrected chi connectivity index (χ3v) is 4.91. The summed E-state index contributed by atoms with van der Waals surface area (Å²) < 4.78 is 5.37. The Labute approximate surface area is 158 Å². The van der Waals surface area contributed by atoms with Gasteiger partial charge in [-0.2, -0.15) is 0 Å². The lowest BCUT2D eigenvalue weighted by molar-refractivity contribution is 0.0932. The summed E-state index contributed by atoms with van der Waals surface area (Å²) in [5, 5.41) is 6.81. The molecule has 1 aliphatic rings. The van der Waals surface area contributed by atoms with Crippen molar-refractivity contribution >= 4 is 29.1 Å². The molecule has 0 atom stereocenters. The van der Waals surface area contributed by atoms with E-state index < -0.39 is 0 Å². The highest BCUT2D eigenvalue weighted by molar-refractivity contribution is 6.31. The Morgan fingerprint density at radius 1 is 1.19 bits per heavy atom. The Morgan fingerprint density at radius 3 is 2.62 bits per heavy atom. The minimum absolute atomic E-state index is 0.162. The van der Waals surface area contributed by atoms with Crippen molar-refractivity contribution in [3.63, 3.8) is 0 Å². The van der Waals surface area contributed by atoms with Crippen molar-refractivity contribution in [3.05, 3.63) is 40.2 Å². The Kier molecular flexibility index (Phi) is 5.61. The van der Waals surface area contributed by atoms with Crippen LogP contribution in [0.1, 0.15) is 47.4 Å². The minimum atomic E-state index is -0.162. The van der Waals surface area contributed by atoms with E-state index in [0.717, 1.165) is 31.2 Å². The fourth-order valence-electron chi connectivity index (χ4n) is 3.12. The highest BCUT2D eigenvalue weighted by Crippen LogP contribution is 2.32. The van der Waals surface area contributed by atoms with Crippen molar-refractivity contribution in [3.8, 4) is 5.75 Å². The number of methoxy groups -OCH3 is 1. The maximum absolute atomic E-state index is 12.5. The van der Waals surface area contributed by atoms with Crippen LogP contribution in [-0.2, 0) is 0 Å². The molecule has 0 bridgehead atoms. The first-order valence-corrected chi connectivity index (χ1v) is 9.12. The van der Waals surface area contributed by atoms with Gasteiger partial charge in [0, 0.05) is 22.8 Å². The lowest BCUT2D eigenvalue weighted by atomic mass is 10.2. The average molecular weight is 375 g/mol. The number of hydrogen-bond donors (Lipinski definition) is 2. The van der Waals surface area contributed by atoms with E-state index in [2.05, 4.69) is 20.6 Å². The van der Waals surface area contributed by atoms with Gasteiger partial charge in [0.05, 0.1) is 12.8 Å². The third-order valence-electron chi connectivity index (χ3n) is 4.50. The van der Waals surface area contributed by atoms with Gasteiger partial charge in [-0.05, 0) is 44.4 Å². The maximum atomic E-state index is 12.5. The molecule has 1 aromatic heterocycles. The number of carbonyl (C=O) groups is 1. The molecule has 26 heavy (non-hydrogen) atoms. The average Bonchev–Trinajstić information content (AvgIpc) is 3.10. The summed E-state index contributed by atoms with van der Waals surface area (Å²) in [7, 11) is 1.57. The molecule has 0 spiro atoms. The van der Waals surface area contributed by atoms with Gasteiger partial charge in [-0.3, -0.25) is 4.79 Å². The predicted molar refractivity (Wildman–Crippen MR) is 103 cm³/mol. The monoisotopic (exact) mass is 374 g/mol. The SMILES string of the molecule is COc1cc(Cl)c(C)cc1Nc1nc(C)cc(C(=O)NC2CCCC2)n1. The van der Waals surface area contributed by atoms with Gasteiger partial charge < -0.3 is 15.4 Å². The number of aromatic nitrogens is 2. The summed E-state index contributed by atoms with van der Waals surface area (Å²) in [6.45, 7) is 3.74. The Balaban J connectivity index is 1.83. The molecule has 0 saturated heterocycles. The van der Waals surface area contributed by atoms with Gasteiger partial charge in [-0.1, -0.05) is 24.4 Å². The van der Waals surface area contributed by atoms with Crippen LogP contribution in [0.15, 0.2) is 18.2 Å². The number of aryl methyl sites for hydroxylation is 2. The molecule has 1 aromatic carbocycles. The first kappa shape index (κ1) is 18.5. The van der Waals surface area contributed by atoms with Crippen LogP contribution in [0.3, 0.4) is 0 Å². The lowest BCUT2D eigenvalue weighted by Crippen LogP contribution is -2.33. The van der Waals surface area contributed by atoms with Crippen molar-refractivity contribution in [2.45, 2.75) is 45.6 Å². The fraction of sp³-hybridized carbons (Fsp3) is 0.421. The third kappa shape index (κ3) is 4.25. The molecule has 2 aromatic rings. The molecule has 0 radical (unpaired) electrons. The highest BCUT2D eigenvalue weighted by atomic mass is 35.5. The van der Waals surface area contributed by atoms with Gasteiger partial charge in [-0.15, -0.1) is 0 Å². The van der Waals surface area contributed by atoms with E-state index in [-0.39, 0.29) is 11.9 Å². The molecule has 1 fully saturated rings. The Bertz CT molecular complexity index is 819. The van der Waals surface area contributed by atoms with Crippen LogP contribution in [0.4, 0.5) is 11.6 Å². The van der Waals surface area contributed by atoms with Gasteiger partial charge in [-0.25, -0.2) is 9.97 Å². The molecule has 1 aliphatic carbocycles. The molecule has 1 amide bonds. The van der Waals surface area contributed by atoms with E-state index in [4.69, 9.17) is 16.3 Å². The summed E-state index contributed by atoms with van der Waals surface area (Å²) in [4.78, 5) is 21.3. The van der Waals surface area contributed by atoms with Crippen LogP contribution in [-0.4, -0.2) is 29.0 Å². The van der Waals surface area contributed by atoms with Gasteiger partial charge in [0.25, 0.3) is 5.91 Å². The molecule has 1 heterocycles. The summed E-state index contributed by atoms with van der Waals surface area (Å²) in [5.74, 6) is 0.772. The number of rotatable bonds is 5. The Morgan fingerprint density at radius 2 is 1.92 bits per heavy atom. The number of amides is 1. The number of carbonyl (C=O) groups excluding carboxylic acids is 1. The van der Waals surface area contributed by atoms with Crippen molar-refractivity contribution in [1.29, 1.82) is 0 Å². The summed E-state index contributed by atoms with van der Waals surface area (Å²) >= 11 is 6.15. The minimum Gasteiger partial charge on any atom is -0.495 e. The number of anilines is 2. The van der Waals surface area contributed by atoms with Crippen molar-refractivity contribution < 1.29 is 9.53 Å². The second kappa shape index (κ2) is 7.91. The first-order chi connectivity index (χ1) is 12.5. The molecule has 2 N–H and O–H groups in total. The summed E-state index contributed by atoms with van der Waals surface area (Å²) in [6, 6.07) is 5.54. The van der Waals surface area contributed by atoms with E-state index in [1.165, 1.54) is 0 Å². The summed E-state index contributed by atoms with van der Waals surface area (Å²) in [6.07, 6.45) is 4.39. The smallest absolute Gasteiger partial charge is 0.270 e. The number of halogens is 1. The van der Waals surface area contributed by atoms with Crippen molar-refractivity contribution in [2.24, 2.45) is 0 Å². The van der Waals surface area contributed by atoms with Crippen LogP contribution in [0, 0.1) is 13.8 Å². The zero-order valence-electron chi connectivity index (χ0n) is 15.2. The van der Waals surface area contributed by atoms with Gasteiger partial charge in [0.2, 0.25) is 5.95 Å². The maximum Gasteiger partial charge on any atom is 0.270 e. The molecule has 6 nitrogen and oxygen atoms in total. The second-order valence-electron chi connectivity index (χ2n) is 6.60. The molecule has 3 rings (SSSR count). The quantitative estimate of drug-likeness (QED) is 0.821. The topological polar surface area (TPSA) is 76.1 Å². The van der Waals surface area contributed by atoms with E-state index in [9.17, 15) is 4.79 Å². The molecule has 7 heteroatoms. The molecule has 0 unspecified atom stereocenters. The van der Waals surface area contributed by atoms with Crippen LogP contribution in [0.25, 0.3) is 0 Å². The molecular weight excluding hydrogens is 352 g/mol. The predicted octanol–water partition coefficient (Wildman–Crippen LogP) is 4.17. The largest absolute Gasteiger partial charge is 0.495 e.